The molecular weight excluding hydrogens is 337 g/mol. The number of aryl methyl sites for hydroxylation is 1. The van der Waals surface area contributed by atoms with Crippen LogP contribution in [0, 0.1) is 17.0 Å². The average Bonchev–Trinajstić information content (AvgIpc) is 2.37. The van der Waals surface area contributed by atoms with Gasteiger partial charge < -0.3 is 0 Å². The molecular formula is C11H16NO8PS. The minimum absolute atomic E-state index is 0.122. The first kappa shape index (κ1) is 18.7. The third-order valence-electron chi connectivity index (χ3n) is 2.42. The number of phosphoric ester groups is 1. The summed E-state index contributed by atoms with van der Waals surface area (Å²) < 4.78 is 50.5. The van der Waals surface area contributed by atoms with Crippen LogP contribution in [-0.4, -0.2) is 26.6 Å². The second-order valence-electron chi connectivity index (χ2n) is 3.99. The van der Waals surface area contributed by atoms with E-state index in [9.17, 15) is 23.1 Å². The highest BCUT2D eigenvalue weighted by Crippen LogP contribution is 2.52. The van der Waals surface area contributed by atoms with Crippen LogP contribution in [0.25, 0.3) is 0 Å². The van der Waals surface area contributed by atoms with E-state index in [0.717, 1.165) is 6.07 Å². The first-order valence-corrected chi connectivity index (χ1v) is 9.13. The van der Waals surface area contributed by atoms with Gasteiger partial charge in [0.05, 0.1) is 18.1 Å². The molecule has 0 saturated carbocycles. The second kappa shape index (κ2) is 7.30. The van der Waals surface area contributed by atoms with Gasteiger partial charge in [-0.05, 0) is 26.8 Å². The average molecular weight is 353 g/mol. The Bertz CT molecular complexity index is 692. The Hall–Kier alpha value is -1.32. The lowest BCUT2D eigenvalue weighted by Gasteiger charge is -2.16. The normalized spacial score (nSPS) is 12.3. The third kappa shape index (κ3) is 4.34. The summed E-state index contributed by atoms with van der Waals surface area (Å²) in [7, 11) is -9.10. The van der Waals surface area contributed by atoms with Crippen molar-refractivity contribution in [1.29, 1.82) is 0 Å². The maximum Gasteiger partial charge on any atom is 0.489 e. The summed E-state index contributed by atoms with van der Waals surface area (Å²) in [5.74, 6) is 0. The van der Waals surface area contributed by atoms with Gasteiger partial charge in [-0.1, -0.05) is 12.1 Å². The number of hydrogen-bond donors (Lipinski definition) is 0. The van der Waals surface area contributed by atoms with Crippen LogP contribution in [0.3, 0.4) is 0 Å². The van der Waals surface area contributed by atoms with Gasteiger partial charge in [0.15, 0.2) is 4.90 Å². The molecule has 1 rings (SSSR count). The first-order valence-electron chi connectivity index (χ1n) is 6.26. The molecule has 0 aromatic heterocycles. The molecule has 0 saturated heterocycles. The molecule has 1 aromatic rings. The molecule has 0 aliphatic carbocycles. The van der Waals surface area contributed by atoms with Gasteiger partial charge in [0.25, 0.3) is 5.69 Å². The Balaban J connectivity index is 3.34. The SMILES string of the molecule is CCOP(=O)(OCC)OS(=O)(=O)c1cccc(C)c1[N+](=O)[O-]. The minimum atomic E-state index is -4.72. The molecule has 0 spiro atoms. The number of nitro benzene ring substituents is 1. The van der Waals surface area contributed by atoms with Crippen LogP contribution in [-0.2, 0) is 27.7 Å². The van der Waals surface area contributed by atoms with Crippen molar-refractivity contribution in [2.24, 2.45) is 0 Å². The lowest BCUT2D eigenvalue weighted by molar-refractivity contribution is -0.388. The monoisotopic (exact) mass is 353 g/mol. The summed E-state index contributed by atoms with van der Waals surface area (Å²) in [6.07, 6.45) is 0. The molecule has 0 aliphatic rings. The van der Waals surface area contributed by atoms with Crippen molar-refractivity contribution < 1.29 is 30.9 Å². The molecule has 0 atom stereocenters. The van der Waals surface area contributed by atoms with Gasteiger partial charge in [-0.2, -0.15) is 12.4 Å². The van der Waals surface area contributed by atoms with Crippen molar-refractivity contribution in [2.45, 2.75) is 25.7 Å². The first-order chi connectivity index (χ1) is 10.2. The molecule has 22 heavy (non-hydrogen) atoms. The summed E-state index contributed by atoms with van der Waals surface area (Å²) in [4.78, 5) is 9.50. The molecule has 0 heterocycles. The third-order valence-corrected chi connectivity index (χ3v) is 5.95. The molecule has 1 aromatic carbocycles. The number of hydrogen-bond acceptors (Lipinski definition) is 8. The summed E-state index contributed by atoms with van der Waals surface area (Å²) >= 11 is 0. The fraction of sp³-hybridized carbons (Fsp3) is 0.455. The fourth-order valence-electron chi connectivity index (χ4n) is 1.62. The highest BCUT2D eigenvalue weighted by atomic mass is 32.2. The zero-order chi connectivity index (χ0) is 17.0. The van der Waals surface area contributed by atoms with Crippen molar-refractivity contribution in [1.82, 2.24) is 0 Å². The fourth-order valence-corrected chi connectivity index (χ4v) is 4.68. The lowest BCUT2D eigenvalue weighted by atomic mass is 10.2. The molecule has 0 bridgehead atoms. The zero-order valence-electron chi connectivity index (χ0n) is 12.2. The van der Waals surface area contributed by atoms with E-state index >= 15 is 0 Å². The molecule has 11 heteroatoms. The molecule has 0 N–H and O–H groups in total. The van der Waals surface area contributed by atoms with Crippen LogP contribution in [0.1, 0.15) is 19.4 Å². The van der Waals surface area contributed by atoms with E-state index in [1.165, 1.54) is 32.9 Å². The van der Waals surface area contributed by atoms with Gasteiger partial charge in [0.2, 0.25) is 0 Å². The van der Waals surface area contributed by atoms with Gasteiger partial charge in [0, 0.05) is 5.56 Å². The van der Waals surface area contributed by atoms with E-state index in [1.807, 2.05) is 0 Å². The number of nitro groups is 1. The van der Waals surface area contributed by atoms with E-state index in [2.05, 4.69) is 3.97 Å². The van der Waals surface area contributed by atoms with Crippen molar-refractivity contribution in [3.05, 3.63) is 33.9 Å². The van der Waals surface area contributed by atoms with E-state index in [1.54, 1.807) is 0 Å². The van der Waals surface area contributed by atoms with Crippen LogP contribution < -0.4 is 0 Å². The lowest BCUT2D eigenvalue weighted by Crippen LogP contribution is -2.11. The Labute approximate surface area is 128 Å². The maximum atomic E-state index is 12.2. The summed E-state index contributed by atoms with van der Waals surface area (Å²) in [6, 6.07) is 3.68. The standard InChI is InChI=1S/C11H16NO8PS/c1-4-18-21(15,19-5-2)20-22(16,17)10-8-6-7-9(3)11(10)12(13)14/h6-8H,4-5H2,1-3H3. The van der Waals surface area contributed by atoms with Crippen molar-refractivity contribution >= 4 is 23.6 Å². The van der Waals surface area contributed by atoms with Crippen LogP contribution in [0.2, 0.25) is 0 Å². The highest BCUT2D eigenvalue weighted by Gasteiger charge is 2.38. The predicted octanol–water partition coefficient (Wildman–Crippen LogP) is 2.79. The molecule has 124 valence electrons. The van der Waals surface area contributed by atoms with Crippen molar-refractivity contribution in [2.75, 3.05) is 13.2 Å². The van der Waals surface area contributed by atoms with Gasteiger partial charge in [0.1, 0.15) is 0 Å². The maximum absolute atomic E-state index is 12.2. The quantitative estimate of drug-likeness (QED) is 0.397. The molecule has 0 fully saturated rings. The predicted molar refractivity (Wildman–Crippen MR) is 77.0 cm³/mol. The largest absolute Gasteiger partial charge is 0.489 e. The highest BCUT2D eigenvalue weighted by molar-refractivity contribution is 7.90. The van der Waals surface area contributed by atoms with Crippen LogP contribution in [0.4, 0.5) is 5.69 Å². The molecule has 0 unspecified atom stereocenters. The van der Waals surface area contributed by atoms with Gasteiger partial charge in [-0.15, -0.1) is 0 Å². The van der Waals surface area contributed by atoms with E-state index in [0.29, 0.717) is 0 Å². The van der Waals surface area contributed by atoms with Crippen LogP contribution in [0.15, 0.2) is 23.1 Å². The molecule has 0 amide bonds. The second-order valence-corrected chi connectivity index (χ2v) is 7.35. The van der Waals surface area contributed by atoms with Crippen molar-refractivity contribution in [3.8, 4) is 0 Å². The van der Waals surface area contributed by atoms with Gasteiger partial charge >= 0.3 is 17.9 Å². The number of phosphoric acid groups is 1. The van der Waals surface area contributed by atoms with E-state index in [4.69, 9.17) is 9.05 Å². The number of nitrogens with zero attached hydrogens (tertiary/aromatic N) is 1. The molecule has 0 radical (unpaired) electrons. The summed E-state index contributed by atoms with van der Waals surface area (Å²) in [5.41, 5.74) is -0.528. The molecule has 9 nitrogen and oxygen atoms in total. The van der Waals surface area contributed by atoms with Gasteiger partial charge in [-0.3, -0.25) is 19.2 Å². The summed E-state index contributed by atoms with van der Waals surface area (Å²) in [5, 5.41) is 11.1. The van der Waals surface area contributed by atoms with E-state index in [-0.39, 0.29) is 18.8 Å². The number of para-hydroxylation sites is 1. The van der Waals surface area contributed by atoms with E-state index < -0.39 is 33.4 Å². The minimum Gasteiger partial charge on any atom is -0.286 e. The zero-order valence-corrected chi connectivity index (χ0v) is 13.9. The molecule has 0 aliphatic heterocycles. The number of rotatable bonds is 8. The Morgan fingerprint density at radius 3 is 2.23 bits per heavy atom. The van der Waals surface area contributed by atoms with Gasteiger partial charge in [-0.25, -0.2) is 4.57 Å². The van der Waals surface area contributed by atoms with Crippen LogP contribution >= 0.6 is 7.82 Å². The Morgan fingerprint density at radius 1 is 1.23 bits per heavy atom. The topological polar surface area (TPSA) is 122 Å². The van der Waals surface area contributed by atoms with Crippen LogP contribution in [0.5, 0.6) is 0 Å². The summed E-state index contributed by atoms with van der Waals surface area (Å²) in [6.45, 7) is 4.07. The Morgan fingerprint density at radius 2 is 1.77 bits per heavy atom. The van der Waals surface area contributed by atoms with Crippen molar-refractivity contribution in [3.63, 3.8) is 0 Å². The Kier molecular flexibility index (Phi) is 6.21. The number of benzene rings is 1. The smallest absolute Gasteiger partial charge is 0.286 e.